The van der Waals surface area contributed by atoms with Crippen molar-refractivity contribution >= 4 is 12.0 Å². The SMILES string of the molecule is O=C(O)CC=Cc1cccc(F)c1. The summed E-state index contributed by atoms with van der Waals surface area (Å²) in [5.41, 5.74) is 0.668. The summed E-state index contributed by atoms with van der Waals surface area (Å²) in [6.07, 6.45) is 3.02. The highest BCUT2D eigenvalue weighted by Gasteiger charge is 1.92. The zero-order chi connectivity index (χ0) is 9.68. The predicted octanol–water partition coefficient (Wildman–Crippen LogP) is 2.31. The fraction of sp³-hybridized carbons (Fsp3) is 0.100. The number of hydrogen-bond acceptors (Lipinski definition) is 1. The number of halogens is 1. The van der Waals surface area contributed by atoms with Crippen LogP contribution < -0.4 is 0 Å². The van der Waals surface area contributed by atoms with Crippen LogP contribution in [0.15, 0.2) is 30.3 Å². The fourth-order valence-corrected chi connectivity index (χ4v) is 0.906. The Bertz CT molecular complexity index is 331. The van der Waals surface area contributed by atoms with Gasteiger partial charge < -0.3 is 5.11 Å². The molecule has 0 aromatic heterocycles. The molecule has 1 aromatic rings. The average Bonchev–Trinajstić information content (AvgIpc) is 2.03. The van der Waals surface area contributed by atoms with Gasteiger partial charge in [-0.2, -0.15) is 0 Å². The Hall–Kier alpha value is -1.64. The normalized spacial score (nSPS) is 10.5. The summed E-state index contributed by atoms with van der Waals surface area (Å²) in [5.74, 6) is -1.22. The molecule has 13 heavy (non-hydrogen) atoms. The Morgan fingerprint density at radius 2 is 2.31 bits per heavy atom. The topological polar surface area (TPSA) is 37.3 Å². The second-order valence-corrected chi connectivity index (χ2v) is 2.56. The average molecular weight is 180 g/mol. The highest BCUT2D eigenvalue weighted by molar-refractivity contribution is 5.70. The van der Waals surface area contributed by atoms with Crippen molar-refractivity contribution in [1.29, 1.82) is 0 Å². The number of aliphatic carboxylic acids is 1. The second-order valence-electron chi connectivity index (χ2n) is 2.56. The summed E-state index contributed by atoms with van der Waals surface area (Å²) in [5, 5.41) is 8.32. The summed E-state index contributed by atoms with van der Waals surface area (Å²) in [6, 6.07) is 5.98. The molecule has 1 N–H and O–H groups in total. The third-order valence-corrected chi connectivity index (χ3v) is 1.45. The molecule has 0 amide bonds. The van der Waals surface area contributed by atoms with Crippen LogP contribution >= 0.6 is 0 Å². The van der Waals surface area contributed by atoms with Crippen molar-refractivity contribution in [3.05, 3.63) is 41.7 Å². The molecule has 0 aliphatic rings. The summed E-state index contributed by atoms with van der Waals surface area (Å²) in [4.78, 5) is 10.1. The van der Waals surface area contributed by atoms with Crippen molar-refractivity contribution in [3.63, 3.8) is 0 Å². The van der Waals surface area contributed by atoms with E-state index >= 15 is 0 Å². The molecule has 0 fully saturated rings. The number of carboxylic acids is 1. The zero-order valence-electron chi connectivity index (χ0n) is 6.90. The maximum absolute atomic E-state index is 12.6. The van der Waals surface area contributed by atoms with Gasteiger partial charge in [0.1, 0.15) is 5.82 Å². The van der Waals surface area contributed by atoms with Gasteiger partial charge in [-0.15, -0.1) is 0 Å². The van der Waals surface area contributed by atoms with Crippen LogP contribution in [0.1, 0.15) is 12.0 Å². The first-order valence-electron chi connectivity index (χ1n) is 3.82. The van der Waals surface area contributed by atoms with Gasteiger partial charge in [0.25, 0.3) is 0 Å². The molecule has 0 atom stereocenters. The van der Waals surface area contributed by atoms with Gasteiger partial charge >= 0.3 is 5.97 Å². The molecule has 0 saturated heterocycles. The monoisotopic (exact) mass is 180 g/mol. The van der Waals surface area contributed by atoms with E-state index in [0.717, 1.165) is 0 Å². The molecule has 0 unspecified atom stereocenters. The van der Waals surface area contributed by atoms with Gasteiger partial charge in [0.15, 0.2) is 0 Å². The largest absolute Gasteiger partial charge is 0.481 e. The van der Waals surface area contributed by atoms with Gasteiger partial charge in [-0.1, -0.05) is 24.3 Å². The minimum absolute atomic E-state index is 0.0451. The van der Waals surface area contributed by atoms with Crippen molar-refractivity contribution < 1.29 is 14.3 Å². The third-order valence-electron chi connectivity index (χ3n) is 1.45. The van der Waals surface area contributed by atoms with E-state index in [4.69, 9.17) is 5.11 Å². The Morgan fingerprint density at radius 3 is 2.92 bits per heavy atom. The van der Waals surface area contributed by atoms with E-state index in [-0.39, 0.29) is 12.2 Å². The van der Waals surface area contributed by atoms with Crippen molar-refractivity contribution in [2.24, 2.45) is 0 Å². The molecular weight excluding hydrogens is 171 g/mol. The first-order valence-corrected chi connectivity index (χ1v) is 3.82. The van der Waals surface area contributed by atoms with Crippen molar-refractivity contribution in [1.82, 2.24) is 0 Å². The molecule has 0 bridgehead atoms. The smallest absolute Gasteiger partial charge is 0.307 e. The molecule has 0 heterocycles. The van der Waals surface area contributed by atoms with E-state index in [9.17, 15) is 9.18 Å². The lowest BCUT2D eigenvalue weighted by Crippen LogP contribution is -1.89. The number of carbonyl (C=O) groups is 1. The number of benzene rings is 1. The van der Waals surface area contributed by atoms with Crippen molar-refractivity contribution in [2.45, 2.75) is 6.42 Å². The minimum atomic E-state index is -0.896. The van der Waals surface area contributed by atoms with Crippen LogP contribution in [0, 0.1) is 5.82 Å². The van der Waals surface area contributed by atoms with Crippen LogP contribution in [-0.4, -0.2) is 11.1 Å². The van der Waals surface area contributed by atoms with E-state index in [1.807, 2.05) is 0 Å². The predicted molar refractivity (Wildman–Crippen MR) is 47.7 cm³/mol. The van der Waals surface area contributed by atoms with Crippen molar-refractivity contribution in [2.75, 3.05) is 0 Å². The van der Waals surface area contributed by atoms with Gasteiger partial charge in [-0.25, -0.2) is 4.39 Å². The number of carboxylic acid groups (broad SMARTS) is 1. The molecule has 0 aliphatic heterocycles. The van der Waals surface area contributed by atoms with Crippen LogP contribution in [0.2, 0.25) is 0 Å². The first kappa shape index (κ1) is 9.45. The Balaban J connectivity index is 2.63. The van der Waals surface area contributed by atoms with Gasteiger partial charge in [-0.05, 0) is 17.7 Å². The summed E-state index contributed by atoms with van der Waals surface area (Å²) in [6.45, 7) is 0. The molecule has 0 spiro atoms. The summed E-state index contributed by atoms with van der Waals surface area (Å²) < 4.78 is 12.6. The highest BCUT2D eigenvalue weighted by atomic mass is 19.1. The lowest BCUT2D eigenvalue weighted by Gasteiger charge is -1.92. The van der Waals surface area contributed by atoms with Gasteiger partial charge in [0.05, 0.1) is 6.42 Å². The Morgan fingerprint density at radius 1 is 1.54 bits per heavy atom. The lowest BCUT2D eigenvalue weighted by atomic mass is 10.2. The third kappa shape index (κ3) is 3.51. The fourth-order valence-electron chi connectivity index (χ4n) is 0.906. The standard InChI is InChI=1S/C10H9FO2/c11-9-5-1-3-8(7-9)4-2-6-10(12)13/h1-5,7H,6H2,(H,12,13). The van der Waals surface area contributed by atoms with E-state index < -0.39 is 5.97 Å². The Kier molecular flexibility index (Phi) is 3.20. The van der Waals surface area contributed by atoms with Crippen LogP contribution in [0.3, 0.4) is 0 Å². The summed E-state index contributed by atoms with van der Waals surface area (Å²) in [7, 11) is 0. The Labute approximate surface area is 75.3 Å². The molecular formula is C10H9FO2. The molecule has 1 rings (SSSR count). The van der Waals surface area contributed by atoms with Gasteiger partial charge in [0.2, 0.25) is 0 Å². The maximum atomic E-state index is 12.6. The first-order chi connectivity index (χ1) is 6.18. The molecule has 2 nitrogen and oxygen atoms in total. The van der Waals surface area contributed by atoms with Gasteiger partial charge in [-0.3, -0.25) is 4.79 Å². The van der Waals surface area contributed by atoms with E-state index in [1.54, 1.807) is 18.2 Å². The molecule has 0 aliphatic carbocycles. The maximum Gasteiger partial charge on any atom is 0.307 e. The molecule has 3 heteroatoms. The quantitative estimate of drug-likeness (QED) is 0.774. The van der Waals surface area contributed by atoms with Crippen LogP contribution in [0.25, 0.3) is 6.08 Å². The van der Waals surface area contributed by atoms with E-state index in [1.165, 1.54) is 18.2 Å². The molecule has 0 saturated carbocycles. The van der Waals surface area contributed by atoms with Crippen LogP contribution in [0.4, 0.5) is 4.39 Å². The van der Waals surface area contributed by atoms with Gasteiger partial charge in [0, 0.05) is 0 Å². The van der Waals surface area contributed by atoms with Crippen LogP contribution in [-0.2, 0) is 4.79 Å². The minimum Gasteiger partial charge on any atom is -0.481 e. The molecule has 68 valence electrons. The van der Waals surface area contributed by atoms with Crippen molar-refractivity contribution in [3.8, 4) is 0 Å². The van der Waals surface area contributed by atoms with E-state index in [0.29, 0.717) is 5.56 Å². The highest BCUT2D eigenvalue weighted by Crippen LogP contribution is 2.05. The number of rotatable bonds is 3. The van der Waals surface area contributed by atoms with Crippen LogP contribution in [0.5, 0.6) is 0 Å². The number of hydrogen-bond donors (Lipinski definition) is 1. The molecule has 0 radical (unpaired) electrons. The zero-order valence-corrected chi connectivity index (χ0v) is 6.90. The second kappa shape index (κ2) is 4.40. The molecule has 1 aromatic carbocycles. The summed E-state index contributed by atoms with van der Waals surface area (Å²) >= 11 is 0. The lowest BCUT2D eigenvalue weighted by molar-refractivity contribution is -0.135. The van der Waals surface area contributed by atoms with E-state index in [2.05, 4.69) is 0 Å².